The Bertz CT molecular complexity index is 907. The first-order valence-corrected chi connectivity index (χ1v) is 8.62. The lowest BCUT2D eigenvalue weighted by molar-refractivity contribution is -0.123. The van der Waals surface area contributed by atoms with Gasteiger partial charge in [0, 0.05) is 24.1 Å². The number of para-hydroxylation sites is 1. The van der Waals surface area contributed by atoms with Crippen molar-refractivity contribution in [2.45, 2.75) is 25.9 Å². The number of anilines is 1. The van der Waals surface area contributed by atoms with Crippen molar-refractivity contribution in [3.8, 4) is 0 Å². The second kappa shape index (κ2) is 8.27. The van der Waals surface area contributed by atoms with Gasteiger partial charge in [-0.05, 0) is 17.2 Å². The summed E-state index contributed by atoms with van der Waals surface area (Å²) >= 11 is 0. The molecule has 2 amide bonds. The number of benzene rings is 2. The van der Waals surface area contributed by atoms with Crippen LogP contribution in [0.3, 0.4) is 0 Å². The van der Waals surface area contributed by atoms with Crippen molar-refractivity contribution < 1.29 is 9.59 Å². The first-order valence-electron chi connectivity index (χ1n) is 8.62. The van der Waals surface area contributed by atoms with Gasteiger partial charge in [0.2, 0.25) is 11.8 Å². The smallest absolute Gasteiger partial charge is 0.227 e. The zero-order valence-electron chi connectivity index (χ0n) is 14.9. The van der Waals surface area contributed by atoms with Crippen molar-refractivity contribution >= 4 is 23.2 Å². The number of hydrogen-bond donors (Lipinski definition) is 2. The number of primary amides is 1. The summed E-state index contributed by atoms with van der Waals surface area (Å²) in [4.78, 5) is 25.8. The molecule has 138 valence electrons. The average Bonchev–Trinajstić information content (AvgIpc) is 2.70. The molecule has 0 unspecified atom stereocenters. The van der Waals surface area contributed by atoms with E-state index < -0.39 is 5.91 Å². The van der Waals surface area contributed by atoms with Gasteiger partial charge in [-0.15, -0.1) is 0 Å². The lowest BCUT2D eigenvalue weighted by atomic mass is 10.0. The predicted octanol–water partition coefficient (Wildman–Crippen LogP) is 2.93. The number of nitrogens with zero attached hydrogens (tertiary/aromatic N) is 3. The molecule has 7 nitrogen and oxygen atoms in total. The van der Waals surface area contributed by atoms with E-state index >= 15 is 0 Å². The van der Waals surface area contributed by atoms with Gasteiger partial charge in [-0.3, -0.25) is 15.0 Å². The molecule has 1 heterocycles. The molecular formula is C20H21N5O2. The van der Waals surface area contributed by atoms with Crippen molar-refractivity contribution in [2.75, 3.05) is 4.90 Å². The summed E-state index contributed by atoms with van der Waals surface area (Å²) < 4.78 is 0. The van der Waals surface area contributed by atoms with Crippen molar-refractivity contribution in [1.82, 2.24) is 5.43 Å². The van der Waals surface area contributed by atoms with E-state index in [1.807, 2.05) is 48.5 Å². The Hall–Kier alpha value is -3.48. The normalized spacial score (nSPS) is 15.0. The van der Waals surface area contributed by atoms with Crippen LogP contribution in [0.1, 0.15) is 29.5 Å². The third kappa shape index (κ3) is 4.38. The maximum Gasteiger partial charge on any atom is 0.227 e. The first kappa shape index (κ1) is 18.3. The highest BCUT2D eigenvalue weighted by atomic mass is 16.2. The molecule has 0 aliphatic carbocycles. The van der Waals surface area contributed by atoms with Crippen molar-refractivity contribution in [3.05, 3.63) is 71.8 Å². The molecule has 0 atom stereocenters. The van der Waals surface area contributed by atoms with Crippen LogP contribution in [0.15, 0.2) is 65.4 Å². The van der Waals surface area contributed by atoms with E-state index in [0.29, 0.717) is 18.8 Å². The summed E-state index contributed by atoms with van der Waals surface area (Å²) in [5, 5.41) is 8.14. The molecule has 0 aromatic heterocycles. The van der Waals surface area contributed by atoms with Crippen LogP contribution in [0.5, 0.6) is 0 Å². The minimum absolute atomic E-state index is 0.00706. The minimum Gasteiger partial charge on any atom is -0.370 e. The Morgan fingerprint density at radius 2 is 1.78 bits per heavy atom. The van der Waals surface area contributed by atoms with E-state index in [2.05, 4.69) is 22.3 Å². The molecule has 0 radical (unpaired) electrons. The van der Waals surface area contributed by atoms with Crippen molar-refractivity contribution in [3.63, 3.8) is 0 Å². The highest BCUT2D eigenvalue weighted by Gasteiger charge is 2.21. The van der Waals surface area contributed by atoms with Crippen molar-refractivity contribution in [1.29, 1.82) is 0 Å². The molecule has 27 heavy (non-hydrogen) atoms. The molecule has 0 bridgehead atoms. The number of nitrogens with one attached hydrogen (secondary N) is 1. The Balaban J connectivity index is 2.07. The van der Waals surface area contributed by atoms with E-state index in [-0.39, 0.29) is 18.7 Å². The number of hydrogen-bond acceptors (Lipinski definition) is 5. The lowest BCUT2D eigenvalue weighted by Crippen LogP contribution is -2.32. The molecule has 0 fully saturated rings. The number of rotatable bonds is 3. The average molecular weight is 363 g/mol. The monoisotopic (exact) mass is 363 g/mol. The Morgan fingerprint density at radius 1 is 1.07 bits per heavy atom. The van der Waals surface area contributed by atoms with Gasteiger partial charge in [-0.1, -0.05) is 54.3 Å². The van der Waals surface area contributed by atoms with Gasteiger partial charge in [-0.2, -0.15) is 5.11 Å². The van der Waals surface area contributed by atoms with Gasteiger partial charge in [0.15, 0.2) is 0 Å². The number of carbonyl (C=O) groups is 2. The largest absolute Gasteiger partial charge is 0.370 e. The van der Waals surface area contributed by atoms with Crippen LogP contribution in [0, 0.1) is 0 Å². The number of amides is 2. The van der Waals surface area contributed by atoms with Gasteiger partial charge < -0.3 is 10.6 Å². The van der Waals surface area contributed by atoms with E-state index in [1.165, 1.54) is 0 Å². The molecule has 0 spiro atoms. The molecule has 0 saturated heterocycles. The van der Waals surface area contributed by atoms with Crippen LogP contribution in [-0.4, -0.2) is 11.8 Å². The summed E-state index contributed by atoms with van der Waals surface area (Å²) in [5.41, 5.74) is 12.0. The topological polar surface area (TPSA) is 100 Å². The Kier molecular flexibility index (Phi) is 5.61. The van der Waals surface area contributed by atoms with E-state index in [1.54, 1.807) is 4.90 Å². The second-order valence-electron chi connectivity index (χ2n) is 6.22. The maximum absolute atomic E-state index is 12.9. The van der Waals surface area contributed by atoms with Gasteiger partial charge in [-0.25, -0.2) is 0 Å². The number of carbonyl (C=O) groups excluding carboxylic acids is 2. The van der Waals surface area contributed by atoms with Crippen LogP contribution < -0.4 is 16.1 Å². The zero-order valence-corrected chi connectivity index (χ0v) is 14.9. The van der Waals surface area contributed by atoms with Gasteiger partial charge in [0.25, 0.3) is 0 Å². The molecule has 2 aromatic carbocycles. The van der Waals surface area contributed by atoms with E-state index in [4.69, 9.17) is 5.73 Å². The van der Waals surface area contributed by atoms with Crippen molar-refractivity contribution in [2.24, 2.45) is 16.1 Å². The molecule has 3 rings (SSSR count). The summed E-state index contributed by atoms with van der Waals surface area (Å²) in [6.45, 7) is 4.66. The molecule has 7 heteroatoms. The molecular weight excluding hydrogens is 342 g/mol. The van der Waals surface area contributed by atoms with Gasteiger partial charge in [0.1, 0.15) is 0 Å². The van der Waals surface area contributed by atoms with Crippen LogP contribution in [0.4, 0.5) is 5.69 Å². The third-order valence-corrected chi connectivity index (χ3v) is 4.34. The molecule has 0 saturated carbocycles. The highest BCUT2D eigenvalue weighted by molar-refractivity contribution is 5.96. The minimum atomic E-state index is -0.499. The fraction of sp³-hybridized carbons (Fsp3) is 0.200. The maximum atomic E-state index is 12.9. The first-order chi connectivity index (χ1) is 13.1. The molecule has 1 aliphatic rings. The fourth-order valence-corrected chi connectivity index (χ4v) is 2.97. The predicted molar refractivity (Wildman–Crippen MR) is 103 cm³/mol. The SMILES string of the molecule is C=C1N/N=N\Cc2ccccc2N(C(=O)CCC(N)=O)Cc2ccccc21. The molecule has 3 N–H and O–H groups in total. The Morgan fingerprint density at radius 3 is 2.56 bits per heavy atom. The number of nitrogens with two attached hydrogens (primary N) is 1. The van der Waals surface area contributed by atoms with Gasteiger partial charge >= 0.3 is 0 Å². The van der Waals surface area contributed by atoms with Crippen LogP contribution in [0.25, 0.3) is 5.70 Å². The lowest BCUT2D eigenvalue weighted by Gasteiger charge is -2.26. The summed E-state index contributed by atoms with van der Waals surface area (Å²) in [7, 11) is 0. The molecule has 2 aromatic rings. The van der Waals surface area contributed by atoms with E-state index in [9.17, 15) is 9.59 Å². The van der Waals surface area contributed by atoms with Crippen LogP contribution in [0.2, 0.25) is 0 Å². The fourth-order valence-electron chi connectivity index (χ4n) is 2.97. The molecule has 1 aliphatic heterocycles. The standard InChI is InChI=1S/C20H21N5O2/c1-14-17-8-4-2-7-16(17)13-25(20(27)11-10-19(21)26)18-9-5-3-6-15(18)12-22-24-23-14/h2-9H,1,10-13H2,(H2,21,26)(H,22,23). The van der Waals surface area contributed by atoms with Crippen LogP contribution >= 0.6 is 0 Å². The third-order valence-electron chi connectivity index (χ3n) is 4.34. The van der Waals surface area contributed by atoms with Gasteiger partial charge in [0.05, 0.1) is 18.8 Å². The summed E-state index contributed by atoms with van der Waals surface area (Å²) in [6, 6.07) is 15.2. The number of fused-ring (bicyclic) bond motifs is 2. The Labute approximate surface area is 157 Å². The second-order valence-corrected chi connectivity index (χ2v) is 6.22. The quantitative estimate of drug-likeness (QED) is 0.877. The van der Waals surface area contributed by atoms with Crippen LogP contribution in [-0.2, 0) is 22.7 Å². The van der Waals surface area contributed by atoms with E-state index in [0.717, 1.165) is 22.4 Å². The summed E-state index contributed by atoms with van der Waals surface area (Å²) in [5.74, 6) is -0.674. The zero-order chi connectivity index (χ0) is 19.2. The summed E-state index contributed by atoms with van der Waals surface area (Å²) in [6.07, 6.45) is 0.0552. The highest BCUT2D eigenvalue weighted by Crippen LogP contribution is 2.27.